The fourth-order valence-corrected chi connectivity index (χ4v) is 4.17. The number of rotatable bonds is 6. The molecule has 2 rings (SSSR count). The van der Waals surface area contributed by atoms with Gasteiger partial charge in [0.1, 0.15) is 6.04 Å². The van der Waals surface area contributed by atoms with Crippen LogP contribution in [0.4, 0.5) is 11.4 Å². The average molecular weight is 389 g/mol. The largest absolute Gasteiger partial charge is 0.324 e. The second-order valence-electron chi connectivity index (χ2n) is 7.04. The Morgan fingerprint density at radius 1 is 0.963 bits per heavy atom. The van der Waals surface area contributed by atoms with Crippen LogP contribution in [0, 0.1) is 27.7 Å². The van der Waals surface area contributed by atoms with Crippen LogP contribution in [0.15, 0.2) is 36.4 Å². The van der Waals surface area contributed by atoms with Crippen LogP contribution in [0.2, 0.25) is 0 Å². The summed E-state index contributed by atoms with van der Waals surface area (Å²) in [5, 5.41) is 2.86. The molecule has 146 valence electrons. The molecule has 0 aromatic heterocycles. The van der Waals surface area contributed by atoms with Crippen LogP contribution in [-0.2, 0) is 14.8 Å². The van der Waals surface area contributed by atoms with E-state index >= 15 is 0 Å². The van der Waals surface area contributed by atoms with Gasteiger partial charge in [-0.2, -0.15) is 0 Å². The molecule has 6 heteroatoms. The Hall–Kier alpha value is -2.34. The summed E-state index contributed by atoms with van der Waals surface area (Å²) < 4.78 is 26.3. The zero-order chi connectivity index (χ0) is 20.4. The maximum Gasteiger partial charge on any atom is 0.248 e. The van der Waals surface area contributed by atoms with Gasteiger partial charge in [0.05, 0.1) is 11.9 Å². The summed E-state index contributed by atoms with van der Waals surface area (Å²) in [4.78, 5) is 12.9. The molecule has 0 heterocycles. The molecule has 0 bridgehead atoms. The number of carbonyl (C=O) groups excluding carboxylic acids is 1. The van der Waals surface area contributed by atoms with Crippen LogP contribution >= 0.6 is 0 Å². The molecule has 0 aliphatic carbocycles. The van der Waals surface area contributed by atoms with Crippen molar-refractivity contribution in [2.75, 3.05) is 15.9 Å². The number of amides is 1. The van der Waals surface area contributed by atoms with Crippen molar-refractivity contribution >= 4 is 27.3 Å². The van der Waals surface area contributed by atoms with Gasteiger partial charge < -0.3 is 5.32 Å². The van der Waals surface area contributed by atoms with Gasteiger partial charge in [-0.15, -0.1) is 0 Å². The Balaban J connectivity index is 2.40. The van der Waals surface area contributed by atoms with E-state index in [0.717, 1.165) is 28.5 Å². The van der Waals surface area contributed by atoms with Crippen LogP contribution in [0.1, 0.15) is 35.6 Å². The van der Waals surface area contributed by atoms with E-state index < -0.39 is 16.1 Å². The first-order valence-electron chi connectivity index (χ1n) is 8.99. The number of nitrogens with zero attached hydrogens (tertiary/aromatic N) is 1. The molecule has 0 spiro atoms. The molecule has 0 saturated heterocycles. The molecule has 27 heavy (non-hydrogen) atoms. The normalized spacial score (nSPS) is 12.5. The summed E-state index contributed by atoms with van der Waals surface area (Å²) in [7, 11) is -3.64. The minimum Gasteiger partial charge on any atom is -0.324 e. The van der Waals surface area contributed by atoms with Crippen LogP contribution < -0.4 is 9.62 Å². The van der Waals surface area contributed by atoms with Crippen molar-refractivity contribution in [3.63, 3.8) is 0 Å². The van der Waals surface area contributed by atoms with E-state index in [1.807, 2.05) is 65.0 Å². The fraction of sp³-hybridized carbons (Fsp3) is 0.381. The molecule has 0 fully saturated rings. The molecule has 2 aromatic rings. The summed E-state index contributed by atoms with van der Waals surface area (Å²) in [6, 6.07) is 10.2. The smallest absolute Gasteiger partial charge is 0.248 e. The lowest BCUT2D eigenvalue weighted by atomic mass is 10.1. The highest BCUT2D eigenvalue weighted by molar-refractivity contribution is 7.92. The average Bonchev–Trinajstić information content (AvgIpc) is 2.57. The lowest BCUT2D eigenvalue weighted by Gasteiger charge is -2.30. The molecule has 5 nitrogen and oxygen atoms in total. The number of benzene rings is 2. The Morgan fingerprint density at radius 3 is 2.00 bits per heavy atom. The first-order valence-corrected chi connectivity index (χ1v) is 10.8. The van der Waals surface area contributed by atoms with E-state index in [1.165, 1.54) is 4.31 Å². The van der Waals surface area contributed by atoms with E-state index in [9.17, 15) is 13.2 Å². The van der Waals surface area contributed by atoms with Crippen molar-refractivity contribution in [1.82, 2.24) is 0 Å². The van der Waals surface area contributed by atoms with E-state index in [-0.39, 0.29) is 5.91 Å². The maximum atomic E-state index is 12.9. The van der Waals surface area contributed by atoms with E-state index in [4.69, 9.17) is 0 Å². The van der Waals surface area contributed by atoms with Crippen molar-refractivity contribution in [2.45, 2.75) is 47.1 Å². The summed E-state index contributed by atoms with van der Waals surface area (Å²) >= 11 is 0. The SMILES string of the molecule is CCC(C(=O)Nc1ccc(C)c(C)c1)N(c1ccc(C)c(C)c1)S(C)(=O)=O. The number of aryl methyl sites for hydroxylation is 4. The Morgan fingerprint density at radius 2 is 1.52 bits per heavy atom. The van der Waals surface area contributed by atoms with Gasteiger partial charge in [0.25, 0.3) is 0 Å². The van der Waals surface area contributed by atoms with Crippen molar-refractivity contribution in [1.29, 1.82) is 0 Å². The minimum absolute atomic E-state index is 0.343. The van der Waals surface area contributed by atoms with Gasteiger partial charge in [0.2, 0.25) is 15.9 Å². The molecule has 1 unspecified atom stereocenters. The number of carbonyl (C=O) groups is 1. The molecule has 0 aliphatic heterocycles. The number of nitrogens with one attached hydrogen (secondary N) is 1. The van der Waals surface area contributed by atoms with Gasteiger partial charge in [-0.05, 0) is 80.6 Å². The van der Waals surface area contributed by atoms with Crippen molar-refractivity contribution in [2.24, 2.45) is 0 Å². The molecule has 1 amide bonds. The zero-order valence-corrected chi connectivity index (χ0v) is 17.6. The summed E-state index contributed by atoms with van der Waals surface area (Å²) in [5.74, 6) is -0.343. The van der Waals surface area contributed by atoms with Crippen molar-refractivity contribution in [3.05, 3.63) is 58.7 Å². The predicted molar refractivity (Wildman–Crippen MR) is 112 cm³/mol. The molecule has 0 radical (unpaired) electrons. The van der Waals surface area contributed by atoms with Gasteiger partial charge in [-0.3, -0.25) is 9.10 Å². The van der Waals surface area contributed by atoms with Gasteiger partial charge in [0, 0.05) is 5.69 Å². The van der Waals surface area contributed by atoms with E-state index in [0.29, 0.717) is 17.8 Å². The van der Waals surface area contributed by atoms with Crippen LogP contribution in [-0.4, -0.2) is 26.6 Å². The van der Waals surface area contributed by atoms with Gasteiger partial charge in [-0.1, -0.05) is 19.1 Å². The highest BCUT2D eigenvalue weighted by Gasteiger charge is 2.31. The van der Waals surface area contributed by atoms with Gasteiger partial charge in [0.15, 0.2) is 0 Å². The third kappa shape index (κ3) is 4.89. The zero-order valence-electron chi connectivity index (χ0n) is 16.8. The minimum atomic E-state index is -3.64. The van der Waals surface area contributed by atoms with Crippen LogP contribution in [0.5, 0.6) is 0 Å². The first kappa shape index (κ1) is 21.0. The lowest BCUT2D eigenvalue weighted by Crippen LogP contribution is -2.47. The lowest BCUT2D eigenvalue weighted by molar-refractivity contribution is -0.117. The van der Waals surface area contributed by atoms with Crippen LogP contribution in [0.3, 0.4) is 0 Å². The highest BCUT2D eigenvalue weighted by atomic mass is 32.2. The van der Waals surface area contributed by atoms with Gasteiger partial charge >= 0.3 is 0 Å². The molecule has 0 saturated carbocycles. The molecular weight excluding hydrogens is 360 g/mol. The molecule has 1 atom stereocenters. The Kier molecular flexibility index (Phi) is 6.31. The summed E-state index contributed by atoms with van der Waals surface area (Å²) in [5.41, 5.74) is 5.41. The quantitative estimate of drug-likeness (QED) is 0.810. The number of hydrogen-bond donors (Lipinski definition) is 1. The molecular formula is C21H28N2O3S. The maximum absolute atomic E-state index is 12.9. The number of hydrogen-bond acceptors (Lipinski definition) is 3. The number of anilines is 2. The summed E-state index contributed by atoms with van der Waals surface area (Å²) in [6.45, 7) is 9.67. The third-order valence-electron chi connectivity index (χ3n) is 4.85. The fourth-order valence-electron chi connectivity index (χ4n) is 2.97. The monoisotopic (exact) mass is 388 g/mol. The second-order valence-corrected chi connectivity index (χ2v) is 8.90. The molecule has 0 aliphatic rings. The van der Waals surface area contributed by atoms with Gasteiger partial charge in [-0.25, -0.2) is 8.42 Å². The summed E-state index contributed by atoms with van der Waals surface area (Å²) in [6.07, 6.45) is 1.49. The van der Waals surface area contributed by atoms with Crippen LogP contribution in [0.25, 0.3) is 0 Å². The van der Waals surface area contributed by atoms with Crippen molar-refractivity contribution < 1.29 is 13.2 Å². The van der Waals surface area contributed by atoms with E-state index in [1.54, 1.807) is 6.07 Å². The second kappa shape index (κ2) is 8.13. The predicted octanol–water partition coefficient (Wildman–Crippen LogP) is 4.10. The highest BCUT2D eigenvalue weighted by Crippen LogP contribution is 2.26. The van der Waals surface area contributed by atoms with E-state index in [2.05, 4.69) is 5.32 Å². The van der Waals surface area contributed by atoms with Crippen molar-refractivity contribution in [3.8, 4) is 0 Å². The Labute approximate surface area is 162 Å². The Bertz CT molecular complexity index is 952. The molecule has 1 N–H and O–H groups in total. The standard InChI is InChI=1S/C21H28N2O3S/c1-7-20(21(24)22-18-10-8-14(2)16(4)12-18)23(27(6,25)26)19-11-9-15(3)17(5)13-19/h8-13,20H,7H2,1-6H3,(H,22,24). The number of sulfonamides is 1. The third-order valence-corrected chi connectivity index (χ3v) is 6.03. The molecule has 2 aromatic carbocycles. The first-order chi connectivity index (χ1) is 12.5. The topological polar surface area (TPSA) is 66.5 Å².